The van der Waals surface area contributed by atoms with Crippen molar-refractivity contribution in [3.63, 3.8) is 0 Å². The van der Waals surface area contributed by atoms with Gasteiger partial charge in [-0.3, -0.25) is 14.6 Å². The smallest absolute Gasteiger partial charge is 0.257 e. The minimum absolute atomic E-state index is 0.0435. The molecule has 3 aliphatic rings. The molecule has 2 amide bonds. The van der Waals surface area contributed by atoms with Gasteiger partial charge in [0.25, 0.3) is 5.91 Å². The van der Waals surface area contributed by atoms with Crippen molar-refractivity contribution in [1.82, 2.24) is 9.62 Å². The van der Waals surface area contributed by atoms with Crippen molar-refractivity contribution in [3.05, 3.63) is 89.5 Å². The number of phenols is 1. The molecule has 0 saturated carbocycles. The summed E-state index contributed by atoms with van der Waals surface area (Å²) in [6.07, 6.45) is 4.88. The number of halogens is 1. The van der Waals surface area contributed by atoms with Gasteiger partial charge in [-0.05, 0) is 60.2 Å². The topological polar surface area (TPSA) is 138 Å². The van der Waals surface area contributed by atoms with Crippen molar-refractivity contribution in [2.75, 3.05) is 44.6 Å². The minimum atomic E-state index is -3.54. The zero-order valence-electron chi connectivity index (χ0n) is 28.1. The summed E-state index contributed by atoms with van der Waals surface area (Å²) in [4.78, 5) is 35.5. The number of sulfonamides is 1. The summed E-state index contributed by atoms with van der Waals surface area (Å²) in [7, 11) is -0.666. The predicted octanol–water partition coefficient (Wildman–Crippen LogP) is 6.00. The Balaban J connectivity index is 1.02. The molecule has 2 atom stereocenters. The first-order valence-electron chi connectivity index (χ1n) is 16.7. The summed E-state index contributed by atoms with van der Waals surface area (Å²) in [5, 5.41) is 12.3. The normalized spacial score (nSPS) is 18.2. The number of alkyl halides is 1. The lowest BCUT2D eigenvalue weighted by atomic mass is 9.94. The lowest BCUT2D eigenvalue weighted by Crippen LogP contribution is -2.43. The third-order valence-electron chi connectivity index (χ3n) is 9.75. The number of amides is 2. The highest BCUT2D eigenvalue weighted by molar-refractivity contribution is 7.89. The summed E-state index contributed by atoms with van der Waals surface area (Å²) < 4.78 is 38.3. The molecule has 264 valence electrons. The van der Waals surface area contributed by atoms with Gasteiger partial charge in [-0.1, -0.05) is 42.5 Å². The highest BCUT2D eigenvalue weighted by atomic mass is 35.5. The van der Waals surface area contributed by atoms with Gasteiger partial charge in [-0.25, -0.2) is 13.1 Å². The highest BCUT2D eigenvalue weighted by Crippen LogP contribution is 2.45. The monoisotopic (exact) mass is 728 g/mol. The van der Waals surface area contributed by atoms with E-state index in [1.807, 2.05) is 30.3 Å². The molecule has 7 rings (SSSR count). The molecule has 4 aromatic rings. The van der Waals surface area contributed by atoms with Crippen LogP contribution in [0.3, 0.4) is 0 Å². The second-order valence-electron chi connectivity index (χ2n) is 12.7. The molecule has 4 aromatic carbocycles. The molecule has 13 heteroatoms. The van der Waals surface area contributed by atoms with Gasteiger partial charge in [-0.15, -0.1) is 11.6 Å². The van der Waals surface area contributed by atoms with Crippen LogP contribution in [-0.2, 0) is 14.8 Å². The molecular weight excluding hydrogens is 692 g/mol. The van der Waals surface area contributed by atoms with Gasteiger partial charge >= 0.3 is 0 Å². The fourth-order valence-corrected chi connectivity index (χ4v) is 8.06. The molecule has 2 N–H and O–H groups in total. The van der Waals surface area contributed by atoms with Gasteiger partial charge in [0.1, 0.15) is 5.75 Å². The highest BCUT2D eigenvalue weighted by Gasteiger charge is 2.35. The molecule has 3 aliphatic heterocycles. The number of carbonyl (C=O) groups excluding carboxylic acids is 2. The van der Waals surface area contributed by atoms with Crippen LogP contribution in [0.5, 0.6) is 17.2 Å². The van der Waals surface area contributed by atoms with Crippen LogP contribution < -0.4 is 19.1 Å². The Morgan fingerprint density at radius 2 is 1.84 bits per heavy atom. The Labute approximate surface area is 301 Å². The van der Waals surface area contributed by atoms with Crippen LogP contribution in [0.2, 0.25) is 0 Å². The van der Waals surface area contributed by atoms with Crippen LogP contribution in [0.25, 0.3) is 16.3 Å². The Morgan fingerprint density at radius 3 is 2.57 bits per heavy atom. The minimum Gasteiger partial charge on any atom is -0.507 e. The Morgan fingerprint density at radius 1 is 1.08 bits per heavy atom. The van der Waals surface area contributed by atoms with Gasteiger partial charge in [0.2, 0.25) is 15.9 Å². The standard InChI is InChI=1S/C38H37ClN4O7S/c1-40-51(47,48)27-11-9-23(10-12-27)24-13-14-42-26(16-24)21-41-31-18-35(34(49-2)17-30(31)38(42)46)50-15-5-8-36(45)43-22-25(20-39)37-29-7-4-3-6-28(29)33(44)19-32(37)43/h3-4,6-7,9-13,17-19,21,25-26,40,44H,5,8,14-16,20,22H2,1-2H3/t25-,26+/m1/s1. The van der Waals surface area contributed by atoms with Gasteiger partial charge in [0.15, 0.2) is 11.5 Å². The largest absolute Gasteiger partial charge is 0.507 e. The molecule has 0 aromatic heterocycles. The van der Waals surface area contributed by atoms with E-state index >= 15 is 0 Å². The molecule has 0 aliphatic carbocycles. The number of ether oxygens (including phenoxy) is 2. The lowest BCUT2D eigenvalue weighted by Gasteiger charge is -2.32. The maximum Gasteiger partial charge on any atom is 0.257 e. The first-order valence-corrected chi connectivity index (χ1v) is 18.7. The van der Waals surface area contributed by atoms with E-state index in [1.165, 1.54) is 14.2 Å². The summed E-state index contributed by atoms with van der Waals surface area (Å²) in [6.45, 7) is 1.02. The van der Waals surface area contributed by atoms with Crippen molar-refractivity contribution in [2.45, 2.75) is 36.1 Å². The third-order valence-corrected chi connectivity index (χ3v) is 11.6. The van der Waals surface area contributed by atoms with Crippen LogP contribution in [0, 0.1) is 0 Å². The summed E-state index contributed by atoms with van der Waals surface area (Å²) in [5.41, 5.74) is 4.39. The molecular formula is C38H37ClN4O7S. The van der Waals surface area contributed by atoms with Crippen LogP contribution in [-0.4, -0.2) is 82.2 Å². The molecule has 0 spiro atoms. The number of methoxy groups -OCH3 is 1. The zero-order chi connectivity index (χ0) is 35.9. The van der Waals surface area contributed by atoms with Crippen molar-refractivity contribution in [1.29, 1.82) is 0 Å². The summed E-state index contributed by atoms with van der Waals surface area (Å²) >= 11 is 6.34. The molecule has 3 heterocycles. The van der Waals surface area contributed by atoms with E-state index < -0.39 is 10.0 Å². The van der Waals surface area contributed by atoms with Crippen LogP contribution in [0.1, 0.15) is 46.7 Å². The van der Waals surface area contributed by atoms with Crippen molar-refractivity contribution in [2.24, 2.45) is 4.99 Å². The van der Waals surface area contributed by atoms with E-state index in [9.17, 15) is 23.1 Å². The van der Waals surface area contributed by atoms with E-state index in [-0.39, 0.29) is 47.4 Å². The maximum absolute atomic E-state index is 13.7. The summed E-state index contributed by atoms with van der Waals surface area (Å²) in [6, 6.07) is 18.9. The van der Waals surface area contributed by atoms with Crippen molar-refractivity contribution < 1.29 is 32.6 Å². The zero-order valence-corrected chi connectivity index (χ0v) is 29.7. The van der Waals surface area contributed by atoms with E-state index in [1.54, 1.807) is 58.5 Å². The molecule has 0 fully saturated rings. The Hall–Kier alpha value is -4.91. The van der Waals surface area contributed by atoms with Crippen molar-refractivity contribution >= 4 is 67.4 Å². The first kappa shape index (κ1) is 34.5. The maximum atomic E-state index is 13.7. The third kappa shape index (κ3) is 6.43. The molecule has 51 heavy (non-hydrogen) atoms. The summed E-state index contributed by atoms with van der Waals surface area (Å²) in [5.74, 6) is 0.954. The molecule has 0 bridgehead atoms. The predicted molar refractivity (Wildman–Crippen MR) is 197 cm³/mol. The number of hydrogen-bond donors (Lipinski definition) is 2. The van der Waals surface area contributed by atoms with E-state index in [2.05, 4.69) is 9.71 Å². The fraction of sp³-hybridized carbons (Fsp3) is 0.289. The fourth-order valence-electron chi connectivity index (χ4n) is 7.08. The Bertz CT molecular complexity index is 2200. The average Bonchev–Trinajstić information content (AvgIpc) is 3.47. The van der Waals surface area contributed by atoms with Crippen LogP contribution >= 0.6 is 11.6 Å². The number of aromatic hydroxyl groups is 1. The number of nitrogens with one attached hydrogen (secondary N) is 1. The molecule has 0 unspecified atom stereocenters. The number of benzene rings is 4. The lowest BCUT2D eigenvalue weighted by molar-refractivity contribution is -0.118. The number of phenolic OH excluding ortho intramolecular Hbond substituents is 1. The quantitative estimate of drug-likeness (QED) is 0.151. The number of fused-ring (bicyclic) bond motifs is 5. The average molecular weight is 729 g/mol. The number of rotatable bonds is 10. The number of carbonyl (C=O) groups is 2. The van der Waals surface area contributed by atoms with Crippen LogP contribution in [0.4, 0.5) is 11.4 Å². The number of nitrogens with zero attached hydrogens (tertiary/aromatic N) is 3. The molecule has 11 nitrogen and oxygen atoms in total. The van der Waals surface area contributed by atoms with Crippen molar-refractivity contribution in [3.8, 4) is 17.2 Å². The molecule has 0 radical (unpaired) electrons. The van der Waals surface area contributed by atoms with E-state index in [0.717, 1.165) is 27.5 Å². The number of aliphatic imine (C=N–C) groups is 1. The van der Waals surface area contributed by atoms with Gasteiger partial charge in [-0.2, -0.15) is 0 Å². The Kier molecular flexibility index (Phi) is 9.49. The second-order valence-corrected chi connectivity index (χ2v) is 14.9. The second kappa shape index (κ2) is 14.0. The number of anilines is 1. The van der Waals surface area contributed by atoms with Crippen LogP contribution in [0.15, 0.2) is 82.7 Å². The van der Waals surface area contributed by atoms with Gasteiger partial charge in [0.05, 0.1) is 41.6 Å². The SMILES string of the molecule is CNS(=O)(=O)c1ccc(C2=CCN3C(=O)c4cc(OC)c(OCCCC(=O)N5C[C@@H](CCl)c6c5cc(O)c5ccccc65)cc4N=C[C@@H]3C2)cc1. The van der Waals surface area contributed by atoms with E-state index in [4.69, 9.17) is 21.1 Å². The number of hydrogen-bond acceptors (Lipinski definition) is 8. The molecule has 0 saturated heterocycles. The van der Waals surface area contributed by atoms with E-state index in [0.29, 0.717) is 60.2 Å². The van der Waals surface area contributed by atoms with Gasteiger partial charge in [0, 0.05) is 55.0 Å². The first-order chi connectivity index (χ1) is 24.6. The van der Waals surface area contributed by atoms with Gasteiger partial charge < -0.3 is 24.4 Å².